The highest BCUT2D eigenvalue weighted by atomic mass is 32.2. The van der Waals surface area contributed by atoms with Crippen LogP contribution in [0.2, 0.25) is 0 Å². The largest absolute Gasteiger partial charge is 0.493 e. The summed E-state index contributed by atoms with van der Waals surface area (Å²) in [5, 5.41) is 0. The Hall–Kier alpha value is -1.31. The molecule has 0 aliphatic carbocycles. The molecule has 1 rings (SSSR count). The lowest BCUT2D eigenvalue weighted by molar-refractivity contribution is 0.129. The molecule has 0 radical (unpaired) electrons. The first kappa shape index (κ1) is 24.7. The molecule has 0 atom stereocenters. The lowest BCUT2D eigenvalue weighted by Gasteiger charge is -2.15. The van der Waals surface area contributed by atoms with E-state index >= 15 is 0 Å². The second kappa shape index (κ2) is 13.8. The zero-order valence-electron chi connectivity index (χ0n) is 17.5. The van der Waals surface area contributed by atoms with Crippen molar-refractivity contribution in [1.82, 2.24) is 0 Å². The molecule has 0 saturated heterocycles. The summed E-state index contributed by atoms with van der Waals surface area (Å²) in [6.07, 6.45) is 8.70. The van der Waals surface area contributed by atoms with Crippen LogP contribution in [-0.4, -0.2) is 39.9 Å². The summed E-state index contributed by atoms with van der Waals surface area (Å²) in [6, 6.07) is 3.01. The highest BCUT2D eigenvalue weighted by Crippen LogP contribution is 2.34. The van der Waals surface area contributed by atoms with E-state index in [1.165, 1.54) is 26.0 Å². The maximum Gasteiger partial charge on any atom is 0.294 e. The zero-order chi connectivity index (χ0) is 20.8. The Morgan fingerprint density at radius 1 is 0.857 bits per heavy atom. The monoisotopic (exact) mass is 416 g/mol. The van der Waals surface area contributed by atoms with Gasteiger partial charge in [-0.15, -0.1) is 0 Å². The van der Waals surface area contributed by atoms with Crippen LogP contribution >= 0.6 is 0 Å². The maximum atomic E-state index is 11.9. The number of methoxy groups -OCH3 is 1. The van der Waals surface area contributed by atoms with Crippen molar-refractivity contribution < 1.29 is 27.2 Å². The third-order valence-corrected chi connectivity index (χ3v) is 5.44. The van der Waals surface area contributed by atoms with Gasteiger partial charge in [0.25, 0.3) is 10.1 Å². The van der Waals surface area contributed by atoms with E-state index in [4.69, 9.17) is 14.2 Å². The van der Waals surface area contributed by atoms with Gasteiger partial charge in [-0.1, -0.05) is 46.0 Å². The third kappa shape index (κ3) is 9.26. The molecule has 0 bridgehead atoms. The van der Waals surface area contributed by atoms with Gasteiger partial charge in [0.1, 0.15) is 4.90 Å². The molecular formula is C21H36O6S. The minimum Gasteiger partial charge on any atom is -0.493 e. The summed E-state index contributed by atoms with van der Waals surface area (Å²) in [5.41, 5.74) is 0.508. The summed E-state index contributed by atoms with van der Waals surface area (Å²) in [6.45, 7) is 5.99. The van der Waals surface area contributed by atoms with Crippen molar-refractivity contribution in [3.05, 3.63) is 17.7 Å². The normalized spacial score (nSPS) is 11.6. The number of hydrogen-bond donors (Lipinski definition) is 1. The molecule has 0 fully saturated rings. The van der Waals surface area contributed by atoms with Crippen LogP contribution in [0.3, 0.4) is 0 Å². The number of ether oxygens (including phenoxy) is 3. The number of benzene rings is 1. The topological polar surface area (TPSA) is 82.1 Å². The molecule has 0 saturated carbocycles. The van der Waals surface area contributed by atoms with E-state index in [0.717, 1.165) is 32.1 Å². The molecule has 0 amide bonds. The minimum atomic E-state index is -4.35. The molecule has 1 N–H and O–H groups in total. The summed E-state index contributed by atoms with van der Waals surface area (Å²) in [4.78, 5) is -0.122. The van der Waals surface area contributed by atoms with Crippen molar-refractivity contribution in [3.8, 4) is 11.5 Å². The Balaban J connectivity index is 2.78. The molecule has 0 unspecified atom stereocenters. The van der Waals surface area contributed by atoms with Crippen molar-refractivity contribution in [2.24, 2.45) is 0 Å². The molecule has 28 heavy (non-hydrogen) atoms. The summed E-state index contributed by atoms with van der Waals surface area (Å²) in [7, 11) is -2.83. The average Bonchev–Trinajstić information content (AvgIpc) is 2.66. The molecule has 1 aromatic carbocycles. The van der Waals surface area contributed by atoms with Gasteiger partial charge in [0.2, 0.25) is 0 Å². The predicted octanol–water partition coefficient (Wildman–Crippen LogP) is 5.04. The van der Waals surface area contributed by atoms with Gasteiger partial charge in [-0.2, -0.15) is 8.42 Å². The lowest BCUT2D eigenvalue weighted by Crippen LogP contribution is -2.08. The SMILES string of the molecule is CCCCCCCOc1cc(S(=O)(=O)O)c(CCCOCCCC)cc1OC. The zero-order valence-corrected chi connectivity index (χ0v) is 18.4. The van der Waals surface area contributed by atoms with Crippen LogP contribution in [0.1, 0.15) is 70.8 Å². The second-order valence-electron chi connectivity index (χ2n) is 6.92. The summed E-state index contributed by atoms with van der Waals surface area (Å²) in [5.74, 6) is 0.816. The Labute approximate surface area is 170 Å². The highest BCUT2D eigenvalue weighted by molar-refractivity contribution is 7.85. The molecule has 162 valence electrons. The minimum absolute atomic E-state index is 0.122. The van der Waals surface area contributed by atoms with Gasteiger partial charge in [0.05, 0.1) is 13.7 Å². The highest BCUT2D eigenvalue weighted by Gasteiger charge is 2.20. The summed E-state index contributed by atoms with van der Waals surface area (Å²) < 4.78 is 50.0. The molecule has 1 aromatic rings. The fourth-order valence-electron chi connectivity index (χ4n) is 2.89. The van der Waals surface area contributed by atoms with Crippen LogP contribution < -0.4 is 9.47 Å². The standard InChI is InChI=1S/C21H36O6S/c1-4-6-8-9-10-15-27-20-17-21(28(22,23)24)18(16-19(20)25-3)12-11-14-26-13-7-5-2/h16-17H,4-15H2,1-3H3,(H,22,23,24). The first-order valence-corrected chi connectivity index (χ1v) is 11.8. The quantitative estimate of drug-likeness (QED) is 0.300. The molecular weight excluding hydrogens is 380 g/mol. The van der Waals surface area contributed by atoms with Crippen LogP contribution in [0, 0.1) is 0 Å². The fraction of sp³-hybridized carbons (Fsp3) is 0.714. The van der Waals surface area contributed by atoms with Crippen LogP contribution in [0.5, 0.6) is 11.5 Å². The van der Waals surface area contributed by atoms with E-state index in [0.29, 0.717) is 49.7 Å². The van der Waals surface area contributed by atoms with E-state index < -0.39 is 10.1 Å². The number of aryl methyl sites for hydroxylation is 1. The van der Waals surface area contributed by atoms with E-state index in [-0.39, 0.29) is 4.90 Å². The first-order valence-electron chi connectivity index (χ1n) is 10.3. The molecule has 6 nitrogen and oxygen atoms in total. The Bertz CT molecular complexity index is 657. The predicted molar refractivity (Wildman–Crippen MR) is 111 cm³/mol. The van der Waals surface area contributed by atoms with Crippen molar-refractivity contribution in [2.45, 2.75) is 76.5 Å². The van der Waals surface area contributed by atoms with Gasteiger partial charge in [0, 0.05) is 19.3 Å². The molecule has 0 heterocycles. The number of hydrogen-bond acceptors (Lipinski definition) is 5. The molecule has 0 aromatic heterocycles. The van der Waals surface area contributed by atoms with Crippen molar-refractivity contribution in [2.75, 3.05) is 26.9 Å². The second-order valence-corrected chi connectivity index (χ2v) is 8.31. The lowest BCUT2D eigenvalue weighted by atomic mass is 10.1. The first-order chi connectivity index (χ1) is 13.4. The van der Waals surface area contributed by atoms with E-state index in [9.17, 15) is 13.0 Å². The van der Waals surface area contributed by atoms with Gasteiger partial charge in [0.15, 0.2) is 11.5 Å². The van der Waals surface area contributed by atoms with Gasteiger partial charge in [-0.3, -0.25) is 4.55 Å². The molecule has 7 heteroatoms. The van der Waals surface area contributed by atoms with Gasteiger partial charge in [-0.05, 0) is 37.3 Å². The van der Waals surface area contributed by atoms with Crippen LogP contribution in [0.4, 0.5) is 0 Å². The molecule has 0 aliphatic heterocycles. The maximum absolute atomic E-state index is 11.9. The van der Waals surface area contributed by atoms with Crippen LogP contribution in [-0.2, 0) is 21.3 Å². The molecule has 0 spiro atoms. The summed E-state index contributed by atoms with van der Waals surface area (Å²) >= 11 is 0. The Morgan fingerprint density at radius 3 is 2.18 bits per heavy atom. The average molecular weight is 417 g/mol. The molecule has 0 aliphatic rings. The van der Waals surface area contributed by atoms with Crippen molar-refractivity contribution in [1.29, 1.82) is 0 Å². The van der Waals surface area contributed by atoms with Gasteiger partial charge < -0.3 is 14.2 Å². The smallest absolute Gasteiger partial charge is 0.294 e. The fourth-order valence-corrected chi connectivity index (χ4v) is 3.64. The third-order valence-electron chi connectivity index (χ3n) is 4.51. The van der Waals surface area contributed by atoms with E-state index in [1.54, 1.807) is 6.07 Å². The van der Waals surface area contributed by atoms with Crippen molar-refractivity contribution >= 4 is 10.1 Å². The number of unbranched alkanes of at least 4 members (excludes halogenated alkanes) is 5. The number of rotatable bonds is 16. The van der Waals surface area contributed by atoms with E-state index in [1.807, 2.05) is 0 Å². The van der Waals surface area contributed by atoms with E-state index in [2.05, 4.69) is 13.8 Å². The van der Waals surface area contributed by atoms with Gasteiger partial charge in [-0.25, -0.2) is 0 Å². The Kier molecular flexibility index (Phi) is 12.2. The van der Waals surface area contributed by atoms with Crippen LogP contribution in [0.15, 0.2) is 17.0 Å². The van der Waals surface area contributed by atoms with Crippen molar-refractivity contribution in [3.63, 3.8) is 0 Å². The Morgan fingerprint density at radius 2 is 1.54 bits per heavy atom. The van der Waals surface area contributed by atoms with Gasteiger partial charge >= 0.3 is 0 Å². The van der Waals surface area contributed by atoms with Crippen LogP contribution in [0.25, 0.3) is 0 Å².